The second-order valence-corrected chi connectivity index (χ2v) is 8.48. The van der Waals surface area contributed by atoms with Gasteiger partial charge >= 0.3 is 0 Å². The molecule has 2 N–H and O–H groups in total. The summed E-state index contributed by atoms with van der Waals surface area (Å²) in [5, 5.41) is 7.02. The van der Waals surface area contributed by atoms with Gasteiger partial charge in [-0.1, -0.05) is 43.2 Å². The number of guanidine groups is 1. The van der Waals surface area contributed by atoms with Gasteiger partial charge in [-0.15, -0.1) is 0 Å². The van der Waals surface area contributed by atoms with Gasteiger partial charge in [-0.2, -0.15) is 0 Å². The van der Waals surface area contributed by atoms with Crippen LogP contribution in [0.25, 0.3) is 0 Å². The molecule has 6 nitrogen and oxygen atoms in total. The van der Waals surface area contributed by atoms with Crippen LogP contribution in [0.4, 0.5) is 0 Å². The standard InChI is InChI=1S/C25H39N5O/c1-3-26-24(29-21-25(13-8-9-14-25)15-19-31-4-2)28-20-23-27-16-18-30(23)17-12-22-10-6-5-7-11-22/h5-7,10-11,16,18H,3-4,8-9,12-15,17,19-21H2,1-2H3,(H2,26,28,29). The molecule has 170 valence electrons. The summed E-state index contributed by atoms with van der Waals surface area (Å²) < 4.78 is 7.86. The molecule has 6 heteroatoms. The average molecular weight is 426 g/mol. The number of hydrogen-bond donors (Lipinski definition) is 2. The Morgan fingerprint density at radius 3 is 2.71 bits per heavy atom. The topological polar surface area (TPSA) is 63.5 Å². The third kappa shape index (κ3) is 7.39. The molecule has 1 aliphatic rings. The van der Waals surface area contributed by atoms with Gasteiger partial charge in [0.15, 0.2) is 5.96 Å². The minimum atomic E-state index is 0.333. The van der Waals surface area contributed by atoms with E-state index >= 15 is 0 Å². The summed E-state index contributed by atoms with van der Waals surface area (Å²) in [5.74, 6) is 1.88. The average Bonchev–Trinajstić information content (AvgIpc) is 3.45. The van der Waals surface area contributed by atoms with Crippen molar-refractivity contribution in [3.63, 3.8) is 0 Å². The molecule has 1 aliphatic carbocycles. The van der Waals surface area contributed by atoms with E-state index in [2.05, 4.69) is 70.6 Å². The van der Waals surface area contributed by atoms with E-state index in [4.69, 9.17) is 9.73 Å². The number of aliphatic imine (C=N–C) groups is 1. The molecule has 1 fully saturated rings. The van der Waals surface area contributed by atoms with E-state index < -0.39 is 0 Å². The fourth-order valence-electron chi connectivity index (χ4n) is 4.43. The number of imidazole rings is 1. The van der Waals surface area contributed by atoms with Gasteiger partial charge in [-0.3, -0.25) is 0 Å². The van der Waals surface area contributed by atoms with Crippen LogP contribution in [0.2, 0.25) is 0 Å². The van der Waals surface area contributed by atoms with Crippen LogP contribution in [0, 0.1) is 5.41 Å². The number of nitrogens with zero attached hydrogens (tertiary/aromatic N) is 3. The zero-order chi connectivity index (χ0) is 21.8. The van der Waals surface area contributed by atoms with E-state index in [0.29, 0.717) is 12.0 Å². The molecule has 1 heterocycles. The number of hydrogen-bond acceptors (Lipinski definition) is 3. The van der Waals surface area contributed by atoms with Gasteiger partial charge in [0.1, 0.15) is 12.4 Å². The van der Waals surface area contributed by atoms with E-state index in [1.54, 1.807) is 0 Å². The molecule has 0 bridgehead atoms. The highest BCUT2D eigenvalue weighted by Crippen LogP contribution is 2.40. The lowest BCUT2D eigenvalue weighted by atomic mass is 9.83. The fraction of sp³-hybridized carbons (Fsp3) is 0.600. The third-order valence-electron chi connectivity index (χ3n) is 6.28. The largest absolute Gasteiger partial charge is 0.382 e. The lowest BCUT2D eigenvalue weighted by Crippen LogP contribution is -2.43. The zero-order valence-corrected chi connectivity index (χ0v) is 19.3. The summed E-state index contributed by atoms with van der Waals surface area (Å²) >= 11 is 0. The molecule has 1 saturated carbocycles. The normalized spacial score (nSPS) is 15.9. The lowest BCUT2D eigenvalue weighted by molar-refractivity contribution is 0.105. The van der Waals surface area contributed by atoms with Crippen molar-refractivity contribution in [3.05, 3.63) is 54.1 Å². The number of benzene rings is 1. The molecule has 0 amide bonds. The molecule has 0 spiro atoms. The quantitative estimate of drug-likeness (QED) is 0.304. The Bertz CT molecular complexity index is 780. The fourth-order valence-corrected chi connectivity index (χ4v) is 4.43. The van der Waals surface area contributed by atoms with Crippen molar-refractivity contribution in [2.75, 3.05) is 26.3 Å². The Morgan fingerprint density at radius 1 is 1.16 bits per heavy atom. The second-order valence-electron chi connectivity index (χ2n) is 8.48. The van der Waals surface area contributed by atoms with Crippen LogP contribution in [-0.4, -0.2) is 41.8 Å². The maximum Gasteiger partial charge on any atom is 0.191 e. The molecule has 1 aromatic carbocycles. The molecule has 3 rings (SSSR count). The summed E-state index contributed by atoms with van der Waals surface area (Å²) in [6, 6.07) is 10.6. The molecule has 0 unspecified atom stereocenters. The third-order valence-corrected chi connectivity index (χ3v) is 6.28. The molecule has 0 saturated heterocycles. The zero-order valence-electron chi connectivity index (χ0n) is 19.3. The van der Waals surface area contributed by atoms with Gasteiger partial charge in [-0.25, -0.2) is 9.98 Å². The van der Waals surface area contributed by atoms with Crippen LogP contribution < -0.4 is 10.6 Å². The molecule has 0 aliphatic heterocycles. The molecule has 0 radical (unpaired) electrons. The van der Waals surface area contributed by atoms with E-state index in [1.807, 2.05) is 6.20 Å². The smallest absolute Gasteiger partial charge is 0.191 e. The van der Waals surface area contributed by atoms with Gasteiger partial charge in [0.05, 0.1) is 0 Å². The maximum absolute atomic E-state index is 5.65. The molecular weight excluding hydrogens is 386 g/mol. The first-order valence-corrected chi connectivity index (χ1v) is 11.9. The number of nitrogens with one attached hydrogen (secondary N) is 2. The summed E-state index contributed by atoms with van der Waals surface area (Å²) in [5.41, 5.74) is 1.68. The van der Waals surface area contributed by atoms with E-state index in [0.717, 1.165) is 57.5 Å². The Labute approximate surface area is 187 Å². The maximum atomic E-state index is 5.65. The molecule has 1 aromatic heterocycles. The van der Waals surface area contributed by atoms with Crippen molar-refractivity contribution in [2.24, 2.45) is 10.4 Å². The highest BCUT2D eigenvalue weighted by molar-refractivity contribution is 5.79. The summed E-state index contributed by atoms with van der Waals surface area (Å²) in [6.45, 7) is 9.12. The van der Waals surface area contributed by atoms with Crippen molar-refractivity contribution < 1.29 is 4.74 Å². The Hall–Kier alpha value is -2.34. The first-order valence-electron chi connectivity index (χ1n) is 11.9. The van der Waals surface area contributed by atoms with Gasteiger partial charge in [0.2, 0.25) is 0 Å². The van der Waals surface area contributed by atoms with E-state index in [-0.39, 0.29) is 0 Å². The van der Waals surface area contributed by atoms with Crippen molar-refractivity contribution in [1.29, 1.82) is 0 Å². The van der Waals surface area contributed by atoms with Crippen molar-refractivity contribution in [3.8, 4) is 0 Å². The molecule has 0 atom stereocenters. The number of aromatic nitrogens is 2. The molecular formula is C25H39N5O. The summed E-state index contributed by atoms with van der Waals surface area (Å²) in [6.07, 6.45) is 11.2. The van der Waals surface area contributed by atoms with Gasteiger partial charge < -0.3 is 19.9 Å². The van der Waals surface area contributed by atoms with Crippen LogP contribution in [0.3, 0.4) is 0 Å². The minimum absolute atomic E-state index is 0.333. The van der Waals surface area contributed by atoms with E-state index in [9.17, 15) is 0 Å². The van der Waals surface area contributed by atoms with Gasteiger partial charge in [0, 0.05) is 45.2 Å². The number of aryl methyl sites for hydroxylation is 2. The highest BCUT2D eigenvalue weighted by atomic mass is 16.5. The van der Waals surface area contributed by atoms with Crippen LogP contribution >= 0.6 is 0 Å². The highest BCUT2D eigenvalue weighted by Gasteiger charge is 2.33. The Balaban J connectivity index is 1.56. The van der Waals surface area contributed by atoms with Gasteiger partial charge in [0.25, 0.3) is 0 Å². The van der Waals surface area contributed by atoms with Crippen LogP contribution in [0.5, 0.6) is 0 Å². The SMILES string of the molecule is CCNC(=NCc1nccn1CCc1ccccc1)NCC1(CCOCC)CCCC1. The number of rotatable bonds is 12. The predicted octanol–water partition coefficient (Wildman–Crippen LogP) is 4.17. The Morgan fingerprint density at radius 2 is 1.97 bits per heavy atom. The second kappa shape index (κ2) is 12.5. The first kappa shape index (κ1) is 23.3. The molecule has 31 heavy (non-hydrogen) atoms. The van der Waals surface area contributed by atoms with Crippen molar-refractivity contribution in [2.45, 2.75) is 65.5 Å². The van der Waals surface area contributed by atoms with E-state index in [1.165, 1.54) is 31.2 Å². The van der Waals surface area contributed by atoms with Crippen LogP contribution in [-0.2, 0) is 24.2 Å². The monoisotopic (exact) mass is 425 g/mol. The molecule has 2 aromatic rings. The first-order chi connectivity index (χ1) is 15.2. The predicted molar refractivity (Wildman–Crippen MR) is 127 cm³/mol. The van der Waals surface area contributed by atoms with Crippen LogP contribution in [0.15, 0.2) is 47.7 Å². The van der Waals surface area contributed by atoms with Crippen molar-refractivity contribution in [1.82, 2.24) is 20.2 Å². The lowest BCUT2D eigenvalue weighted by Gasteiger charge is -2.30. The number of ether oxygens (including phenoxy) is 1. The summed E-state index contributed by atoms with van der Waals surface area (Å²) in [7, 11) is 0. The van der Waals surface area contributed by atoms with Gasteiger partial charge in [-0.05, 0) is 50.5 Å². The minimum Gasteiger partial charge on any atom is -0.382 e. The summed E-state index contributed by atoms with van der Waals surface area (Å²) in [4.78, 5) is 9.39. The van der Waals surface area contributed by atoms with Crippen LogP contribution in [0.1, 0.15) is 57.3 Å². The Kier molecular flexibility index (Phi) is 9.40. The van der Waals surface area contributed by atoms with Crippen molar-refractivity contribution >= 4 is 5.96 Å².